The summed E-state index contributed by atoms with van der Waals surface area (Å²) in [6, 6.07) is 13.0. The second-order valence-electron chi connectivity index (χ2n) is 6.37. The van der Waals surface area contributed by atoms with E-state index in [2.05, 4.69) is 0 Å². The third-order valence-corrected chi connectivity index (χ3v) is 3.26. The largest absolute Gasteiger partial charge is 0.497 e. The maximum Gasteiger partial charge on any atom is 0.419 e. The molecular formula is C19H21NO5. The number of carboxylic acid groups (broad SMARTS) is 1. The van der Waals surface area contributed by atoms with E-state index in [-0.39, 0.29) is 5.56 Å². The van der Waals surface area contributed by atoms with Crippen LogP contribution in [0.3, 0.4) is 0 Å². The summed E-state index contributed by atoms with van der Waals surface area (Å²) in [6.07, 6.45) is -0.597. The SMILES string of the molecule is COc1ccc(N(C(=O)OC(C)(C)C)c2cccc(C(=O)O)c2)cc1. The molecule has 0 atom stereocenters. The molecule has 0 aliphatic carbocycles. The van der Waals surface area contributed by atoms with Crippen molar-refractivity contribution in [1.29, 1.82) is 0 Å². The van der Waals surface area contributed by atoms with E-state index in [0.29, 0.717) is 17.1 Å². The van der Waals surface area contributed by atoms with Crippen LogP contribution in [-0.4, -0.2) is 29.9 Å². The van der Waals surface area contributed by atoms with Crippen LogP contribution in [0.25, 0.3) is 0 Å². The summed E-state index contributed by atoms with van der Waals surface area (Å²) in [5, 5.41) is 9.20. The van der Waals surface area contributed by atoms with Gasteiger partial charge in [-0.3, -0.25) is 0 Å². The van der Waals surface area contributed by atoms with Crippen LogP contribution in [0.15, 0.2) is 48.5 Å². The second-order valence-corrected chi connectivity index (χ2v) is 6.37. The number of carbonyl (C=O) groups is 2. The quantitative estimate of drug-likeness (QED) is 0.886. The molecule has 0 heterocycles. The highest BCUT2D eigenvalue weighted by atomic mass is 16.6. The van der Waals surface area contributed by atoms with Crippen LogP contribution in [-0.2, 0) is 4.74 Å². The predicted molar refractivity (Wildman–Crippen MR) is 94.8 cm³/mol. The molecule has 6 heteroatoms. The number of rotatable bonds is 4. The highest BCUT2D eigenvalue weighted by Gasteiger charge is 2.25. The summed E-state index contributed by atoms with van der Waals surface area (Å²) >= 11 is 0. The third kappa shape index (κ3) is 4.73. The van der Waals surface area contributed by atoms with E-state index in [4.69, 9.17) is 9.47 Å². The lowest BCUT2D eigenvalue weighted by Gasteiger charge is -2.27. The van der Waals surface area contributed by atoms with Gasteiger partial charge < -0.3 is 14.6 Å². The van der Waals surface area contributed by atoms with Gasteiger partial charge >= 0.3 is 12.1 Å². The highest BCUT2D eigenvalue weighted by molar-refractivity contribution is 5.98. The number of benzene rings is 2. The summed E-state index contributed by atoms with van der Waals surface area (Å²) in [6.45, 7) is 5.31. The normalized spacial score (nSPS) is 10.9. The fourth-order valence-corrected chi connectivity index (χ4v) is 2.18. The summed E-state index contributed by atoms with van der Waals surface area (Å²) < 4.78 is 10.6. The van der Waals surface area contributed by atoms with Crippen molar-refractivity contribution in [1.82, 2.24) is 0 Å². The molecule has 0 fully saturated rings. The van der Waals surface area contributed by atoms with Gasteiger partial charge in [0.15, 0.2) is 0 Å². The second kappa shape index (κ2) is 7.25. The Bertz CT molecular complexity index is 762. The molecule has 1 amide bonds. The van der Waals surface area contributed by atoms with Crippen molar-refractivity contribution in [3.05, 3.63) is 54.1 Å². The first-order valence-corrected chi connectivity index (χ1v) is 7.72. The minimum absolute atomic E-state index is 0.0829. The van der Waals surface area contributed by atoms with Crippen LogP contribution >= 0.6 is 0 Å². The van der Waals surface area contributed by atoms with E-state index in [1.165, 1.54) is 17.0 Å². The molecular weight excluding hydrogens is 322 g/mol. The monoisotopic (exact) mass is 343 g/mol. The molecule has 25 heavy (non-hydrogen) atoms. The molecule has 132 valence electrons. The fourth-order valence-electron chi connectivity index (χ4n) is 2.18. The summed E-state index contributed by atoms with van der Waals surface area (Å²) in [4.78, 5) is 25.3. The van der Waals surface area contributed by atoms with Gasteiger partial charge in [0, 0.05) is 0 Å². The first-order valence-electron chi connectivity index (χ1n) is 7.72. The number of anilines is 2. The van der Waals surface area contributed by atoms with E-state index in [0.717, 1.165) is 0 Å². The minimum atomic E-state index is -1.07. The Morgan fingerprint density at radius 2 is 1.64 bits per heavy atom. The summed E-state index contributed by atoms with van der Waals surface area (Å²) in [5.41, 5.74) is 0.336. The Labute approximate surface area is 146 Å². The molecule has 0 bridgehead atoms. The minimum Gasteiger partial charge on any atom is -0.497 e. The molecule has 0 unspecified atom stereocenters. The van der Waals surface area contributed by atoms with E-state index >= 15 is 0 Å². The Morgan fingerprint density at radius 3 is 2.16 bits per heavy atom. The average molecular weight is 343 g/mol. The first kappa shape index (κ1) is 18.3. The molecule has 0 aromatic heterocycles. The van der Waals surface area contributed by atoms with Crippen molar-refractivity contribution in [2.24, 2.45) is 0 Å². The predicted octanol–water partition coefficient (Wildman–Crippen LogP) is 4.47. The standard InChI is InChI=1S/C19H21NO5/c1-19(2,3)25-18(23)20(14-8-10-16(24-4)11-9-14)15-7-5-6-13(12-15)17(21)22/h5-12H,1-4H3,(H,21,22). The molecule has 2 aromatic rings. The molecule has 2 rings (SSSR count). The van der Waals surface area contributed by atoms with Crippen LogP contribution in [0, 0.1) is 0 Å². The van der Waals surface area contributed by atoms with E-state index in [9.17, 15) is 14.7 Å². The lowest BCUT2D eigenvalue weighted by molar-refractivity contribution is 0.0597. The zero-order valence-corrected chi connectivity index (χ0v) is 14.6. The number of hydrogen-bond acceptors (Lipinski definition) is 4. The van der Waals surface area contributed by atoms with Crippen molar-refractivity contribution in [3.8, 4) is 5.75 Å². The van der Waals surface area contributed by atoms with Gasteiger partial charge in [-0.15, -0.1) is 0 Å². The molecule has 2 aromatic carbocycles. The van der Waals surface area contributed by atoms with E-state index in [1.54, 1.807) is 64.3 Å². The molecule has 1 N–H and O–H groups in total. The van der Waals surface area contributed by atoms with Gasteiger partial charge in [0.2, 0.25) is 0 Å². The van der Waals surface area contributed by atoms with Crippen LogP contribution < -0.4 is 9.64 Å². The number of methoxy groups -OCH3 is 1. The zero-order valence-electron chi connectivity index (χ0n) is 14.6. The van der Waals surface area contributed by atoms with Gasteiger partial charge in [-0.1, -0.05) is 6.07 Å². The van der Waals surface area contributed by atoms with Crippen molar-refractivity contribution < 1.29 is 24.2 Å². The summed E-state index contributed by atoms with van der Waals surface area (Å²) in [5.74, 6) is -0.423. The topological polar surface area (TPSA) is 76.1 Å². The molecule has 0 aliphatic rings. The average Bonchev–Trinajstić information content (AvgIpc) is 2.54. The lowest BCUT2D eigenvalue weighted by Crippen LogP contribution is -2.33. The van der Waals surface area contributed by atoms with Gasteiger partial charge in [-0.2, -0.15) is 0 Å². The van der Waals surface area contributed by atoms with Crippen LogP contribution in [0.2, 0.25) is 0 Å². The number of hydrogen-bond donors (Lipinski definition) is 1. The number of aromatic carboxylic acids is 1. The Balaban J connectivity index is 2.49. The third-order valence-electron chi connectivity index (χ3n) is 3.26. The molecule has 0 aliphatic heterocycles. The van der Waals surface area contributed by atoms with Crippen LogP contribution in [0.1, 0.15) is 31.1 Å². The molecule has 0 saturated heterocycles. The van der Waals surface area contributed by atoms with E-state index in [1.807, 2.05) is 0 Å². The fraction of sp³-hybridized carbons (Fsp3) is 0.263. The maximum absolute atomic E-state index is 12.7. The smallest absolute Gasteiger partial charge is 0.419 e. The lowest BCUT2D eigenvalue weighted by atomic mass is 10.1. The highest BCUT2D eigenvalue weighted by Crippen LogP contribution is 2.30. The zero-order chi connectivity index (χ0) is 18.6. The number of ether oxygens (including phenoxy) is 2. The van der Waals surface area contributed by atoms with Gasteiger partial charge in [-0.05, 0) is 63.2 Å². The summed E-state index contributed by atoms with van der Waals surface area (Å²) in [7, 11) is 1.55. The molecule has 0 saturated carbocycles. The number of amides is 1. The maximum atomic E-state index is 12.7. The van der Waals surface area contributed by atoms with Crippen LogP contribution in [0.4, 0.5) is 16.2 Å². The van der Waals surface area contributed by atoms with Gasteiger partial charge in [0.25, 0.3) is 0 Å². The first-order chi connectivity index (χ1) is 11.7. The van der Waals surface area contributed by atoms with Crippen molar-refractivity contribution in [2.75, 3.05) is 12.0 Å². The van der Waals surface area contributed by atoms with Gasteiger partial charge in [0.1, 0.15) is 11.4 Å². The molecule has 6 nitrogen and oxygen atoms in total. The number of carbonyl (C=O) groups excluding carboxylic acids is 1. The molecule has 0 spiro atoms. The Morgan fingerprint density at radius 1 is 1.00 bits per heavy atom. The Kier molecular flexibility index (Phi) is 5.32. The van der Waals surface area contributed by atoms with Gasteiger partial charge in [-0.25, -0.2) is 14.5 Å². The van der Waals surface area contributed by atoms with Gasteiger partial charge in [0.05, 0.1) is 24.0 Å². The van der Waals surface area contributed by atoms with E-state index < -0.39 is 17.7 Å². The van der Waals surface area contributed by atoms with Crippen LogP contribution in [0.5, 0.6) is 5.75 Å². The Hall–Kier alpha value is -3.02. The number of carboxylic acids is 1. The van der Waals surface area contributed by atoms with Crippen molar-refractivity contribution in [3.63, 3.8) is 0 Å². The number of nitrogens with zero attached hydrogens (tertiary/aromatic N) is 1. The van der Waals surface area contributed by atoms with Crippen molar-refractivity contribution >= 4 is 23.4 Å². The van der Waals surface area contributed by atoms with Crippen molar-refractivity contribution in [2.45, 2.75) is 26.4 Å². The molecule has 0 radical (unpaired) electrons.